The van der Waals surface area contributed by atoms with Gasteiger partial charge in [0.25, 0.3) is 0 Å². The molecule has 0 aliphatic rings. The highest BCUT2D eigenvalue weighted by molar-refractivity contribution is 5.27. The summed E-state index contributed by atoms with van der Waals surface area (Å²) < 4.78 is 9.99. The molecule has 2 N–H and O–H groups in total. The fraction of sp³-hybridized carbons (Fsp3) is 0.500. The van der Waals surface area contributed by atoms with Crippen LogP contribution in [-0.4, -0.2) is 25.8 Å². The number of nitrogens with two attached hydrogens (primary N) is 1. The van der Waals surface area contributed by atoms with Crippen LogP contribution >= 0.6 is 0 Å². The fourth-order valence-electron chi connectivity index (χ4n) is 1.32. The monoisotopic (exact) mass is 196 g/mol. The second-order valence-corrected chi connectivity index (χ2v) is 3.09. The van der Waals surface area contributed by atoms with Crippen LogP contribution in [0.5, 0.6) is 5.88 Å². The molecule has 0 saturated carbocycles. The highest BCUT2D eigenvalue weighted by Crippen LogP contribution is 2.17. The van der Waals surface area contributed by atoms with Gasteiger partial charge in [0.1, 0.15) is 0 Å². The molecule has 1 aromatic rings. The van der Waals surface area contributed by atoms with E-state index in [0.717, 1.165) is 11.3 Å². The second-order valence-electron chi connectivity index (χ2n) is 3.09. The third-order valence-electron chi connectivity index (χ3n) is 2.06. The summed E-state index contributed by atoms with van der Waals surface area (Å²) in [6.45, 7) is 2.40. The molecule has 14 heavy (non-hydrogen) atoms. The zero-order valence-electron chi connectivity index (χ0n) is 8.78. The predicted molar refractivity (Wildman–Crippen MR) is 54.3 cm³/mol. The molecule has 78 valence electrons. The molecule has 0 spiro atoms. The van der Waals surface area contributed by atoms with Gasteiger partial charge in [0.2, 0.25) is 5.88 Å². The topological polar surface area (TPSA) is 57.4 Å². The SMILES string of the molecule is COC[C@H](N)c1ccc(OC)nc1C. The molecule has 0 fully saturated rings. The number of hydrogen-bond acceptors (Lipinski definition) is 4. The number of ether oxygens (including phenoxy) is 2. The number of pyridine rings is 1. The molecule has 1 rings (SSSR count). The summed E-state index contributed by atoms with van der Waals surface area (Å²) in [4.78, 5) is 4.24. The van der Waals surface area contributed by atoms with Gasteiger partial charge in [-0.2, -0.15) is 0 Å². The van der Waals surface area contributed by atoms with Gasteiger partial charge in [-0.1, -0.05) is 6.07 Å². The Kier molecular flexibility index (Phi) is 3.85. The summed E-state index contributed by atoms with van der Waals surface area (Å²) in [6, 6.07) is 3.60. The van der Waals surface area contributed by atoms with E-state index in [4.69, 9.17) is 15.2 Å². The van der Waals surface area contributed by atoms with Crippen LogP contribution < -0.4 is 10.5 Å². The standard InChI is InChI=1S/C10H16N2O2/c1-7-8(9(11)6-13-2)4-5-10(12-7)14-3/h4-5,9H,6,11H2,1-3H3/t9-/m0/s1. The normalized spacial score (nSPS) is 12.6. The van der Waals surface area contributed by atoms with Gasteiger partial charge in [0, 0.05) is 18.9 Å². The lowest BCUT2D eigenvalue weighted by atomic mass is 10.1. The molecule has 0 aliphatic heterocycles. The number of aromatic nitrogens is 1. The van der Waals surface area contributed by atoms with Crippen molar-refractivity contribution >= 4 is 0 Å². The Labute approximate surface area is 84.0 Å². The molecule has 0 saturated heterocycles. The van der Waals surface area contributed by atoms with E-state index in [1.807, 2.05) is 13.0 Å². The number of aryl methyl sites for hydroxylation is 1. The molecule has 0 bridgehead atoms. The van der Waals surface area contributed by atoms with Gasteiger partial charge in [-0.05, 0) is 12.5 Å². The molecule has 1 aromatic heterocycles. The fourth-order valence-corrected chi connectivity index (χ4v) is 1.32. The minimum Gasteiger partial charge on any atom is -0.481 e. The summed E-state index contributed by atoms with van der Waals surface area (Å²) in [7, 11) is 3.22. The van der Waals surface area contributed by atoms with Crippen LogP contribution in [0, 0.1) is 6.92 Å². The van der Waals surface area contributed by atoms with Crippen LogP contribution in [0.4, 0.5) is 0 Å². The van der Waals surface area contributed by atoms with E-state index in [1.165, 1.54) is 0 Å². The van der Waals surface area contributed by atoms with Crippen LogP contribution in [0.3, 0.4) is 0 Å². The molecule has 0 aromatic carbocycles. The first-order chi connectivity index (χ1) is 6.69. The van der Waals surface area contributed by atoms with E-state index < -0.39 is 0 Å². The minimum absolute atomic E-state index is 0.126. The largest absolute Gasteiger partial charge is 0.481 e. The van der Waals surface area contributed by atoms with Crippen LogP contribution in [0.15, 0.2) is 12.1 Å². The highest BCUT2D eigenvalue weighted by Gasteiger charge is 2.09. The van der Waals surface area contributed by atoms with Gasteiger partial charge in [-0.15, -0.1) is 0 Å². The van der Waals surface area contributed by atoms with Crippen molar-refractivity contribution < 1.29 is 9.47 Å². The Balaban J connectivity index is 2.88. The molecule has 4 nitrogen and oxygen atoms in total. The molecule has 0 unspecified atom stereocenters. The van der Waals surface area contributed by atoms with Crippen LogP contribution in [0.2, 0.25) is 0 Å². The van der Waals surface area contributed by atoms with Gasteiger partial charge >= 0.3 is 0 Å². The molecular formula is C10H16N2O2. The van der Waals surface area contributed by atoms with Crippen molar-refractivity contribution in [3.63, 3.8) is 0 Å². The lowest BCUT2D eigenvalue weighted by Gasteiger charge is -2.13. The van der Waals surface area contributed by atoms with E-state index in [9.17, 15) is 0 Å². The molecule has 0 radical (unpaired) electrons. The minimum atomic E-state index is -0.126. The Bertz CT molecular complexity index is 302. The quantitative estimate of drug-likeness (QED) is 0.781. The van der Waals surface area contributed by atoms with E-state index >= 15 is 0 Å². The summed E-state index contributed by atoms with van der Waals surface area (Å²) in [5, 5.41) is 0. The highest BCUT2D eigenvalue weighted by atomic mass is 16.5. The number of methoxy groups -OCH3 is 2. The number of nitrogens with zero attached hydrogens (tertiary/aromatic N) is 1. The van der Waals surface area contributed by atoms with Gasteiger partial charge < -0.3 is 15.2 Å². The molecule has 0 amide bonds. The van der Waals surface area contributed by atoms with Crippen molar-refractivity contribution in [3.8, 4) is 5.88 Å². The molecule has 1 heterocycles. The number of rotatable bonds is 4. The Morgan fingerprint density at radius 3 is 2.64 bits per heavy atom. The van der Waals surface area contributed by atoms with Gasteiger partial charge in [0.15, 0.2) is 0 Å². The third kappa shape index (κ3) is 2.43. The van der Waals surface area contributed by atoms with Crippen molar-refractivity contribution in [1.82, 2.24) is 4.98 Å². The summed E-state index contributed by atoms with van der Waals surface area (Å²) in [5.41, 5.74) is 7.77. The van der Waals surface area contributed by atoms with E-state index in [2.05, 4.69) is 4.98 Å². The van der Waals surface area contributed by atoms with Crippen molar-refractivity contribution in [2.75, 3.05) is 20.8 Å². The van der Waals surface area contributed by atoms with Crippen molar-refractivity contribution in [2.45, 2.75) is 13.0 Å². The van der Waals surface area contributed by atoms with Crippen LogP contribution in [0.1, 0.15) is 17.3 Å². The summed E-state index contributed by atoms with van der Waals surface area (Å²) >= 11 is 0. The summed E-state index contributed by atoms with van der Waals surface area (Å²) in [5.74, 6) is 0.607. The van der Waals surface area contributed by atoms with Crippen molar-refractivity contribution in [1.29, 1.82) is 0 Å². The van der Waals surface area contributed by atoms with Crippen LogP contribution in [-0.2, 0) is 4.74 Å². The van der Waals surface area contributed by atoms with E-state index in [-0.39, 0.29) is 6.04 Å². The first-order valence-electron chi connectivity index (χ1n) is 4.45. The average Bonchev–Trinajstić information content (AvgIpc) is 2.17. The smallest absolute Gasteiger partial charge is 0.213 e. The maximum absolute atomic E-state index is 5.89. The summed E-state index contributed by atoms with van der Waals surface area (Å²) in [6.07, 6.45) is 0. The van der Waals surface area contributed by atoms with Gasteiger partial charge in [-0.25, -0.2) is 4.98 Å². The Morgan fingerprint density at radius 1 is 1.43 bits per heavy atom. The van der Waals surface area contributed by atoms with Crippen molar-refractivity contribution in [2.24, 2.45) is 5.73 Å². The first kappa shape index (κ1) is 10.9. The average molecular weight is 196 g/mol. The maximum atomic E-state index is 5.89. The Hall–Kier alpha value is -1.13. The number of hydrogen-bond donors (Lipinski definition) is 1. The van der Waals surface area contributed by atoms with Crippen molar-refractivity contribution in [3.05, 3.63) is 23.4 Å². The lowest BCUT2D eigenvalue weighted by Crippen LogP contribution is -2.17. The van der Waals surface area contributed by atoms with Gasteiger partial charge in [0.05, 0.1) is 19.8 Å². The van der Waals surface area contributed by atoms with E-state index in [0.29, 0.717) is 12.5 Å². The zero-order valence-corrected chi connectivity index (χ0v) is 8.78. The predicted octanol–water partition coefficient (Wildman–Crippen LogP) is 1.04. The Morgan fingerprint density at radius 2 is 2.14 bits per heavy atom. The maximum Gasteiger partial charge on any atom is 0.213 e. The first-order valence-corrected chi connectivity index (χ1v) is 4.45. The van der Waals surface area contributed by atoms with Crippen LogP contribution in [0.25, 0.3) is 0 Å². The second kappa shape index (κ2) is 4.93. The van der Waals surface area contributed by atoms with Gasteiger partial charge in [-0.3, -0.25) is 0 Å². The third-order valence-corrected chi connectivity index (χ3v) is 2.06. The molecule has 4 heteroatoms. The lowest BCUT2D eigenvalue weighted by molar-refractivity contribution is 0.180. The zero-order chi connectivity index (χ0) is 10.6. The molecule has 1 atom stereocenters. The molecular weight excluding hydrogens is 180 g/mol. The van der Waals surface area contributed by atoms with E-state index in [1.54, 1.807) is 20.3 Å². The molecule has 0 aliphatic carbocycles.